The molecular formula is C22H21N5O4. The van der Waals surface area contributed by atoms with Crippen LogP contribution in [0.4, 0.5) is 0 Å². The molecule has 0 aliphatic rings. The van der Waals surface area contributed by atoms with Crippen molar-refractivity contribution in [3.63, 3.8) is 0 Å². The van der Waals surface area contributed by atoms with Crippen LogP contribution < -0.4 is 10.9 Å². The van der Waals surface area contributed by atoms with Crippen molar-refractivity contribution >= 4 is 28.6 Å². The highest BCUT2D eigenvalue weighted by Crippen LogP contribution is 2.16. The zero-order valence-electron chi connectivity index (χ0n) is 17.2. The van der Waals surface area contributed by atoms with Crippen molar-refractivity contribution in [1.82, 2.24) is 24.5 Å². The number of ether oxygens (including phenoxy) is 1. The van der Waals surface area contributed by atoms with Crippen LogP contribution in [0.3, 0.4) is 0 Å². The summed E-state index contributed by atoms with van der Waals surface area (Å²) >= 11 is 0. The number of aromatic nitrogens is 4. The van der Waals surface area contributed by atoms with Crippen molar-refractivity contribution in [3.05, 3.63) is 75.8 Å². The number of esters is 1. The molecule has 1 N–H and O–H groups in total. The molecule has 2 aromatic heterocycles. The molecule has 9 heteroatoms. The average Bonchev–Trinajstić information content (AvgIpc) is 3.19. The number of amides is 1. The molecule has 1 amide bonds. The van der Waals surface area contributed by atoms with Crippen LogP contribution in [-0.2, 0) is 34.4 Å². The van der Waals surface area contributed by atoms with E-state index in [9.17, 15) is 14.4 Å². The summed E-state index contributed by atoms with van der Waals surface area (Å²) in [5.74, 6) is -0.137. The van der Waals surface area contributed by atoms with Gasteiger partial charge in [-0.1, -0.05) is 42.0 Å². The van der Waals surface area contributed by atoms with Crippen LogP contribution in [0, 0.1) is 6.92 Å². The Kier molecular flexibility index (Phi) is 5.48. The summed E-state index contributed by atoms with van der Waals surface area (Å²) in [5.41, 5.74) is 2.27. The third-order valence-corrected chi connectivity index (χ3v) is 4.94. The predicted molar refractivity (Wildman–Crippen MR) is 113 cm³/mol. The molecule has 158 valence electrons. The summed E-state index contributed by atoms with van der Waals surface area (Å²) in [7, 11) is 1.62. The van der Waals surface area contributed by atoms with Gasteiger partial charge in [0.2, 0.25) is 11.7 Å². The first-order valence-electron chi connectivity index (χ1n) is 9.73. The third-order valence-electron chi connectivity index (χ3n) is 4.94. The maximum atomic E-state index is 12.6. The molecule has 9 nitrogen and oxygen atoms in total. The summed E-state index contributed by atoms with van der Waals surface area (Å²) in [4.78, 5) is 36.7. The van der Waals surface area contributed by atoms with Gasteiger partial charge in [0, 0.05) is 7.05 Å². The minimum Gasteiger partial charge on any atom is -0.456 e. The Hall–Kier alpha value is -4.01. The van der Waals surface area contributed by atoms with Gasteiger partial charge in [0.1, 0.15) is 6.54 Å². The summed E-state index contributed by atoms with van der Waals surface area (Å²) in [6.07, 6.45) is 0.183. The minimum atomic E-state index is -0.594. The highest BCUT2D eigenvalue weighted by atomic mass is 16.5. The van der Waals surface area contributed by atoms with E-state index in [0.717, 1.165) is 11.1 Å². The van der Waals surface area contributed by atoms with Crippen LogP contribution in [-0.4, -0.2) is 37.6 Å². The van der Waals surface area contributed by atoms with Crippen LogP contribution in [0.25, 0.3) is 16.7 Å². The fourth-order valence-corrected chi connectivity index (χ4v) is 3.36. The molecule has 0 bridgehead atoms. The van der Waals surface area contributed by atoms with E-state index < -0.39 is 5.97 Å². The number of hydrogen-bond acceptors (Lipinski definition) is 6. The second-order valence-electron chi connectivity index (χ2n) is 7.24. The Morgan fingerprint density at radius 1 is 1.10 bits per heavy atom. The largest absolute Gasteiger partial charge is 0.456 e. The van der Waals surface area contributed by atoms with Crippen molar-refractivity contribution in [2.75, 3.05) is 6.54 Å². The highest BCUT2D eigenvalue weighted by molar-refractivity contribution is 5.83. The molecule has 0 aliphatic carbocycles. The zero-order chi connectivity index (χ0) is 22.0. The van der Waals surface area contributed by atoms with E-state index in [-0.39, 0.29) is 31.0 Å². The molecule has 0 aliphatic heterocycles. The number of nitrogens with zero attached hydrogens (tertiary/aromatic N) is 4. The maximum Gasteiger partial charge on any atom is 0.325 e. The Morgan fingerprint density at radius 2 is 1.87 bits per heavy atom. The van der Waals surface area contributed by atoms with Gasteiger partial charge in [-0.2, -0.15) is 0 Å². The second-order valence-corrected chi connectivity index (χ2v) is 7.24. The van der Waals surface area contributed by atoms with E-state index in [1.807, 2.05) is 49.4 Å². The summed E-state index contributed by atoms with van der Waals surface area (Å²) in [6.45, 7) is 1.51. The van der Waals surface area contributed by atoms with Gasteiger partial charge in [-0.3, -0.25) is 23.4 Å². The van der Waals surface area contributed by atoms with Gasteiger partial charge in [-0.15, -0.1) is 10.2 Å². The van der Waals surface area contributed by atoms with Crippen LogP contribution in [0.15, 0.2) is 53.3 Å². The number of benzene rings is 2. The fraction of sp³-hybridized carbons (Fsp3) is 0.227. The number of rotatable bonds is 6. The van der Waals surface area contributed by atoms with Crippen molar-refractivity contribution in [1.29, 1.82) is 0 Å². The lowest BCUT2D eigenvalue weighted by molar-refractivity contribution is -0.145. The van der Waals surface area contributed by atoms with Crippen LogP contribution >= 0.6 is 0 Å². The molecule has 0 spiro atoms. The van der Waals surface area contributed by atoms with Crippen molar-refractivity contribution in [3.8, 4) is 0 Å². The molecule has 0 saturated heterocycles. The third kappa shape index (κ3) is 4.16. The van der Waals surface area contributed by atoms with E-state index in [1.54, 1.807) is 17.5 Å². The maximum absolute atomic E-state index is 12.6. The van der Waals surface area contributed by atoms with Crippen LogP contribution in [0.2, 0.25) is 0 Å². The van der Waals surface area contributed by atoms with Crippen molar-refractivity contribution < 1.29 is 14.3 Å². The second kappa shape index (κ2) is 8.39. The van der Waals surface area contributed by atoms with E-state index in [2.05, 4.69) is 15.5 Å². The van der Waals surface area contributed by atoms with Gasteiger partial charge >= 0.3 is 5.97 Å². The Balaban J connectivity index is 1.45. The van der Waals surface area contributed by atoms with E-state index in [1.165, 1.54) is 4.57 Å². The Labute approximate surface area is 177 Å². The Bertz CT molecular complexity index is 1340. The number of fused-ring (bicyclic) bond motifs is 3. The molecule has 0 saturated carbocycles. The first-order valence-corrected chi connectivity index (χ1v) is 9.73. The quantitative estimate of drug-likeness (QED) is 0.472. The predicted octanol–water partition coefficient (Wildman–Crippen LogP) is 1.29. The summed E-state index contributed by atoms with van der Waals surface area (Å²) in [6, 6.07) is 14.8. The zero-order valence-corrected chi connectivity index (χ0v) is 17.2. The normalized spacial score (nSPS) is 11.0. The standard InChI is InChI=1S/C22H21N5O4/c1-14-8-9-17-16(10-14)21(30)26(2)22-25-24-18(27(17)22)13-31-20(29)12-23-19(28)11-15-6-4-3-5-7-15/h3-10H,11-13H2,1-2H3,(H,23,28). The number of hydrogen-bond donors (Lipinski definition) is 1. The SMILES string of the molecule is Cc1ccc2c(c1)c(=O)n(C)c1nnc(COC(=O)CNC(=O)Cc3ccccc3)n21. The lowest BCUT2D eigenvalue weighted by atomic mass is 10.1. The Morgan fingerprint density at radius 3 is 2.65 bits per heavy atom. The van der Waals surface area contributed by atoms with Gasteiger partial charge in [-0.25, -0.2) is 0 Å². The van der Waals surface area contributed by atoms with E-state index >= 15 is 0 Å². The molecule has 31 heavy (non-hydrogen) atoms. The van der Waals surface area contributed by atoms with Crippen molar-refractivity contribution in [2.45, 2.75) is 20.0 Å². The lowest BCUT2D eigenvalue weighted by Gasteiger charge is -2.09. The molecule has 0 radical (unpaired) electrons. The monoisotopic (exact) mass is 419 g/mol. The minimum absolute atomic E-state index is 0.143. The van der Waals surface area contributed by atoms with E-state index in [0.29, 0.717) is 22.5 Å². The fourth-order valence-electron chi connectivity index (χ4n) is 3.36. The molecule has 0 unspecified atom stereocenters. The number of nitrogens with one attached hydrogen (secondary N) is 1. The smallest absolute Gasteiger partial charge is 0.325 e. The van der Waals surface area contributed by atoms with Gasteiger partial charge in [-0.05, 0) is 24.6 Å². The van der Waals surface area contributed by atoms with Gasteiger partial charge in [0.05, 0.1) is 17.3 Å². The summed E-state index contributed by atoms with van der Waals surface area (Å²) < 4.78 is 8.37. The first kappa shape index (κ1) is 20.3. The number of aryl methyl sites for hydroxylation is 2. The molecule has 4 rings (SSSR count). The van der Waals surface area contributed by atoms with E-state index in [4.69, 9.17) is 4.74 Å². The molecule has 4 aromatic rings. The molecule has 0 fully saturated rings. The number of carbonyl (C=O) groups excluding carboxylic acids is 2. The number of carbonyl (C=O) groups is 2. The van der Waals surface area contributed by atoms with Crippen molar-refractivity contribution in [2.24, 2.45) is 7.05 Å². The van der Waals surface area contributed by atoms with Crippen LogP contribution in [0.1, 0.15) is 17.0 Å². The molecule has 2 heterocycles. The highest BCUT2D eigenvalue weighted by Gasteiger charge is 2.16. The molecular weight excluding hydrogens is 398 g/mol. The first-order chi connectivity index (χ1) is 14.9. The average molecular weight is 419 g/mol. The molecule has 0 atom stereocenters. The van der Waals surface area contributed by atoms with Crippen LogP contribution in [0.5, 0.6) is 0 Å². The summed E-state index contributed by atoms with van der Waals surface area (Å²) in [5, 5.41) is 11.2. The molecule has 2 aromatic carbocycles. The van der Waals surface area contributed by atoms with Gasteiger partial charge in [0.25, 0.3) is 5.56 Å². The van der Waals surface area contributed by atoms with Gasteiger partial charge < -0.3 is 10.1 Å². The van der Waals surface area contributed by atoms with Gasteiger partial charge in [0.15, 0.2) is 12.4 Å². The lowest BCUT2D eigenvalue weighted by Crippen LogP contribution is -2.31. The topological polar surface area (TPSA) is 108 Å².